The molecule has 2 aromatic heterocycles. The number of hydrogen-bond donors (Lipinski definition) is 1. The lowest BCUT2D eigenvalue weighted by molar-refractivity contribution is 0.0954. The predicted octanol–water partition coefficient (Wildman–Crippen LogP) is 1.32. The van der Waals surface area contributed by atoms with Gasteiger partial charge in [-0.3, -0.25) is 9.78 Å². The second-order valence-corrected chi connectivity index (χ2v) is 3.87. The molecular weight excluding hydrogens is 240 g/mol. The fourth-order valence-corrected chi connectivity index (χ4v) is 1.59. The van der Waals surface area contributed by atoms with Gasteiger partial charge in [0.2, 0.25) is 0 Å². The number of nitriles is 1. The molecule has 0 unspecified atom stereocenters. The van der Waals surface area contributed by atoms with Crippen LogP contribution < -0.4 is 5.32 Å². The molecule has 94 valence electrons. The van der Waals surface area contributed by atoms with E-state index in [0.717, 1.165) is 5.69 Å². The summed E-state index contributed by atoms with van der Waals surface area (Å²) in [4.78, 5) is 19.8. The third-order valence-electron chi connectivity index (χ3n) is 2.53. The Balaban J connectivity index is 1.89. The summed E-state index contributed by atoms with van der Waals surface area (Å²) in [5.41, 5.74) is 1.60. The molecule has 0 bridgehead atoms. The van der Waals surface area contributed by atoms with E-state index in [9.17, 15) is 4.79 Å². The van der Waals surface area contributed by atoms with E-state index in [1.54, 1.807) is 12.3 Å². The lowest BCUT2D eigenvalue weighted by Gasteiger charge is -2.04. The number of amides is 1. The van der Waals surface area contributed by atoms with Gasteiger partial charge in [-0.25, -0.2) is 4.98 Å². The molecule has 2 heterocycles. The van der Waals surface area contributed by atoms with Crippen molar-refractivity contribution >= 4 is 5.91 Å². The third kappa shape index (κ3) is 3.61. The number of nitrogens with zero attached hydrogens (tertiary/aromatic N) is 3. The van der Waals surface area contributed by atoms with Gasteiger partial charge in [0.1, 0.15) is 11.8 Å². The van der Waals surface area contributed by atoms with Gasteiger partial charge in [0.05, 0.1) is 0 Å². The van der Waals surface area contributed by atoms with E-state index in [1.807, 2.05) is 24.3 Å². The molecule has 0 aromatic carbocycles. The molecular formula is C14H12N4O. The van der Waals surface area contributed by atoms with E-state index >= 15 is 0 Å². The first-order valence-electron chi connectivity index (χ1n) is 5.84. The van der Waals surface area contributed by atoms with Crippen molar-refractivity contribution in [1.29, 1.82) is 5.26 Å². The molecule has 0 aliphatic heterocycles. The molecule has 0 saturated heterocycles. The van der Waals surface area contributed by atoms with Crippen LogP contribution in [0.25, 0.3) is 0 Å². The molecule has 0 saturated carbocycles. The van der Waals surface area contributed by atoms with Crippen LogP contribution in [-0.4, -0.2) is 22.4 Å². The van der Waals surface area contributed by atoms with Gasteiger partial charge in [0.15, 0.2) is 0 Å². The second-order valence-electron chi connectivity index (χ2n) is 3.87. The van der Waals surface area contributed by atoms with Crippen LogP contribution in [0, 0.1) is 11.3 Å². The molecule has 1 N–H and O–H groups in total. The minimum atomic E-state index is -0.213. The van der Waals surface area contributed by atoms with Crippen LogP contribution >= 0.6 is 0 Å². The Hall–Kier alpha value is -2.74. The van der Waals surface area contributed by atoms with Crippen LogP contribution in [-0.2, 0) is 6.42 Å². The number of hydrogen-bond acceptors (Lipinski definition) is 4. The van der Waals surface area contributed by atoms with Crippen molar-refractivity contribution < 1.29 is 4.79 Å². The Kier molecular flexibility index (Phi) is 4.19. The summed E-state index contributed by atoms with van der Waals surface area (Å²) >= 11 is 0. The molecule has 0 atom stereocenters. The molecule has 1 amide bonds. The maximum absolute atomic E-state index is 11.8. The van der Waals surface area contributed by atoms with Crippen molar-refractivity contribution in [3.8, 4) is 6.07 Å². The summed E-state index contributed by atoms with van der Waals surface area (Å²) in [5, 5.41) is 11.5. The highest BCUT2D eigenvalue weighted by Crippen LogP contribution is 2.01. The van der Waals surface area contributed by atoms with Gasteiger partial charge in [0.25, 0.3) is 5.91 Å². The van der Waals surface area contributed by atoms with Gasteiger partial charge in [-0.15, -0.1) is 0 Å². The summed E-state index contributed by atoms with van der Waals surface area (Å²) in [6.07, 6.45) is 3.84. The lowest BCUT2D eigenvalue weighted by Crippen LogP contribution is -2.26. The van der Waals surface area contributed by atoms with Gasteiger partial charge >= 0.3 is 0 Å². The zero-order chi connectivity index (χ0) is 13.5. The fourth-order valence-electron chi connectivity index (χ4n) is 1.59. The summed E-state index contributed by atoms with van der Waals surface area (Å²) < 4.78 is 0. The van der Waals surface area contributed by atoms with Crippen molar-refractivity contribution in [2.45, 2.75) is 6.42 Å². The van der Waals surface area contributed by atoms with Crippen molar-refractivity contribution in [3.05, 3.63) is 59.7 Å². The SMILES string of the molecule is N#Cc1cc(C(=O)NCCc2ccccn2)ccn1. The van der Waals surface area contributed by atoms with E-state index in [-0.39, 0.29) is 11.6 Å². The number of rotatable bonds is 4. The van der Waals surface area contributed by atoms with Gasteiger partial charge in [-0.2, -0.15) is 5.26 Å². The monoisotopic (exact) mass is 252 g/mol. The average molecular weight is 252 g/mol. The van der Waals surface area contributed by atoms with Crippen molar-refractivity contribution in [2.24, 2.45) is 0 Å². The average Bonchev–Trinajstić information content (AvgIpc) is 2.48. The Morgan fingerprint density at radius 1 is 1.26 bits per heavy atom. The van der Waals surface area contributed by atoms with Crippen LogP contribution in [0.15, 0.2) is 42.7 Å². The van der Waals surface area contributed by atoms with E-state index < -0.39 is 0 Å². The zero-order valence-corrected chi connectivity index (χ0v) is 10.2. The minimum Gasteiger partial charge on any atom is -0.352 e. The highest BCUT2D eigenvalue weighted by molar-refractivity contribution is 5.94. The van der Waals surface area contributed by atoms with Crippen LogP contribution in [0.1, 0.15) is 21.7 Å². The first kappa shape index (κ1) is 12.7. The fraction of sp³-hybridized carbons (Fsp3) is 0.143. The number of nitrogens with one attached hydrogen (secondary N) is 1. The molecule has 5 nitrogen and oxygen atoms in total. The van der Waals surface area contributed by atoms with Crippen molar-refractivity contribution in [2.75, 3.05) is 6.54 Å². The Bertz CT molecular complexity index is 604. The largest absolute Gasteiger partial charge is 0.352 e. The minimum absolute atomic E-state index is 0.213. The highest BCUT2D eigenvalue weighted by atomic mass is 16.1. The second kappa shape index (κ2) is 6.26. The Morgan fingerprint density at radius 3 is 2.89 bits per heavy atom. The zero-order valence-electron chi connectivity index (χ0n) is 10.2. The van der Waals surface area contributed by atoms with Crippen molar-refractivity contribution in [1.82, 2.24) is 15.3 Å². The first-order chi connectivity index (χ1) is 9.29. The van der Waals surface area contributed by atoms with Gasteiger partial charge in [-0.1, -0.05) is 6.07 Å². The van der Waals surface area contributed by atoms with E-state index in [1.165, 1.54) is 12.3 Å². The van der Waals surface area contributed by atoms with Crippen LogP contribution in [0.2, 0.25) is 0 Å². The Labute approximate surface area is 110 Å². The topological polar surface area (TPSA) is 78.7 Å². The lowest BCUT2D eigenvalue weighted by atomic mass is 10.2. The maximum Gasteiger partial charge on any atom is 0.251 e. The maximum atomic E-state index is 11.8. The summed E-state index contributed by atoms with van der Waals surface area (Å²) in [7, 11) is 0. The summed E-state index contributed by atoms with van der Waals surface area (Å²) in [5.74, 6) is -0.213. The van der Waals surface area contributed by atoms with E-state index in [4.69, 9.17) is 5.26 Å². The van der Waals surface area contributed by atoms with Gasteiger partial charge < -0.3 is 5.32 Å². The quantitative estimate of drug-likeness (QED) is 0.890. The van der Waals surface area contributed by atoms with Gasteiger partial charge in [0, 0.05) is 36.6 Å². The Morgan fingerprint density at radius 2 is 2.16 bits per heavy atom. The molecule has 2 aromatic rings. The smallest absolute Gasteiger partial charge is 0.251 e. The molecule has 19 heavy (non-hydrogen) atoms. The van der Waals surface area contributed by atoms with Crippen LogP contribution in [0.5, 0.6) is 0 Å². The van der Waals surface area contributed by atoms with E-state index in [0.29, 0.717) is 18.5 Å². The first-order valence-corrected chi connectivity index (χ1v) is 5.84. The predicted molar refractivity (Wildman–Crippen MR) is 69.2 cm³/mol. The molecule has 0 radical (unpaired) electrons. The molecule has 0 aliphatic carbocycles. The summed E-state index contributed by atoms with van der Waals surface area (Å²) in [6, 6.07) is 10.6. The summed E-state index contributed by atoms with van der Waals surface area (Å²) in [6.45, 7) is 0.500. The number of carbonyl (C=O) groups excluding carboxylic acids is 1. The number of aromatic nitrogens is 2. The molecule has 0 aliphatic rings. The normalized spacial score (nSPS) is 9.63. The van der Waals surface area contributed by atoms with Crippen molar-refractivity contribution in [3.63, 3.8) is 0 Å². The number of pyridine rings is 2. The third-order valence-corrected chi connectivity index (χ3v) is 2.53. The van der Waals surface area contributed by atoms with Crippen LogP contribution in [0.3, 0.4) is 0 Å². The standard InChI is InChI=1S/C14H12N4O/c15-10-13-9-11(4-7-17-13)14(19)18-8-5-12-3-1-2-6-16-12/h1-4,6-7,9H,5,8H2,(H,18,19). The van der Waals surface area contributed by atoms with Crippen LogP contribution in [0.4, 0.5) is 0 Å². The molecule has 0 spiro atoms. The number of carbonyl (C=O) groups is 1. The molecule has 5 heteroatoms. The molecule has 2 rings (SSSR count). The highest BCUT2D eigenvalue weighted by Gasteiger charge is 2.06. The van der Waals surface area contributed by atoms with Gasteiger partial charge in [-0.05, 0) is 24.3 Å². The molecule has 0 fully saturated rings. The van der Waals surface area contributed by atoms with E-state index in [2.05, 4.69) is 15.3 Å².